The molecule has 0 bridgehead atoms. The molecule has 2 N–H and O–H groups in total. The van der Waals surface area contributed by atoms with E-state index in [-0.39, 0.29) is 16.9 Å². The van der Waals surface area contributed by atoms with Gasteiger partial charge in [-0.25, -0.2) is 0 Å². The lowest BCUT2D eigenvalue weighted by molar-refractivity contribution is -0.119. The molecule has 0 aliphatic carbocycles. The van der Waals surface area contributed by atoms with Gasteiger partial charge in [0, 0.05) is 0 Å². The minimum absolute atomic E-state index is 0.0925. The van der Waals surface area contributed by atoms with E-state index in [9.17, 15) is 9.59 Å². The van der Waals surface area contributed by atoms with Crippen molar-refractivity contribution in [3.8, 4) is 17.3 Å². The van der Waals surface area contributed by atoms with Crippen LogP contribution in [0, 0.1) is 6.92 Å². The number of furan rings is 1. The van der Waals surface area contributed by atoms with Crippen LogP contribution in [0.4, 0.5) is 0 Å². The number of rotatable bonds is 4. The molecule has 1 aromatic carbocycles. The van der Waals surface area contributed by atoms with Gasteiger partial charge in [0.1, 0.15) is 5.58 Å². The number of nitrogens with two attached hydrogens (primary N) is 1. The monoisotopic (exact) mass is 299 g/mol. The van der Waals surface area contributed by atoms with Crippen LogP contribution in [0.25, 0.3) is 22.5 Å². The molecule has 2 heterocycles. The molecule has 6 heteroatoms. The van der Waals surface area contributed by atoms with Crippen molar-refractivity contribution in [3.63, 3.8) is 0 Å². The molecule has 0 fully saturated rings. The van der Waals surface area contributed by atoms with Crippen molar-refractivity contribution in [1.29, 1.82) is 0 Å². The van der Waals surface area contributed by atoms with Gasteiger partial charge in [0.25, 0.3) is 5.91 Å². The number of amides is 1. The maximum absolute atomic E-state index is 12.6. The van der Waals surface area contributed by atoms with Crippen LogP contribution in [0.15, 0.2) is 50.2 Å². The normalized spacial score (nSPS) is 10.8. The average Bonchev–Trinajstić information content (AvgIpc) is 2.99. The predicted octanol–water partition coefficient (Wildman–Crippen LogP) is 2.23. The molecule has 0 aliphatic heterocycles. The third kappa shape index (κ3) is 2.46. The summed E-state index contributed by atoms with van der Waals surface area (Å²) in [6, 6.07) is 8.49. The Balaban J connectivity index is 2.27. The Morgan fingerprint density at radius 2 is 2.14 bits per heavy atom. The van der Waals surface area contributed by atoms with Crippen molar-refractivity contribution < 1.29 is 18.4 Å². The molecule has 0 atom stereocenters. The van der Waals surface area contributed by atoms with E-state index >= 15 is 0 Å². The lowest BCUT2D eigenvalue weighted by Gasteiger charge is -2.09. The van der Waals surface area contributed by atoms with Crippen molar-refractivity contribution in [1.82, 2.24) is 0 Å². The van der Waals surface area contributed by atoms with Crippen LogP contribution in [-0.2, 0) is 4.79 Å². The average molecular weight is 299 g/mol. The van der Waals surface area contributed by atoms with Crippen LogP contribution in [0.5, 0.6) is 5.75 Å². The zero-order valence-corrected chi connectivity index (χ0v) is 11.8. The van der Waals surface area contributed by atoms with Gasteiger partial charge in [-0.3, -0.25) is 9.59 Å². The molecule has 0 spiro atoms. The number of aryl methyl sites for hydroxylation is 1. The minimum atomic E-state index is -0.686. The van der Waals surface area contributed by atoms with E-state index in [1.54, 1.807) is 30.3 Å². The van der Waals surface area contributed by atoms with Gasteiger partial charge in [-0.05, 0) is 36.8 Å². The summed E-state index contributed by atoms with van der Waals surface area (Å²) in [6.07, 6.45) is 1.45. The summed E-state index contributed by atoms with van der Waals surface area (Å²) in [7, 11) is 0. The number of carbonyl (C=O) groups is 1. The number of benzene rings is 1. The molecular weight excluding hydrogens is 286 g/mol. The quantitative estimate of drug-likeness (QED) is 0.797. The van der Waals surface area contributed by atoms with E-state index in [2.05, 4.69) is 0 Å². The minimum Gasteiger partial charge on any atom is -0.476 e. The Hall–Kier alpha value is -3.02. The molecule has 6 nitrogen and oxygen atoms in total. The Morgan fingerprint density at radius 3 is 2.82 bits per heavy atom. The van der Waals surface area contributed by atoms with Gasteiger partial charge in [-0.2, -0.15) is 0 Å². The molecule has 0 unspecified atom stereocenters. The summed E-state index contributed by atoms with van der Waals surface area (Å²) in [6.45, 7) is 1.47. The summed E-state index contributed by atoms with van der Waals surface area (Å²) in [5, 5.41) is 0.361. The lowest BCUT2D eigenvalue weighted by atomic mass is 10.1. The van der Waals surface area contributed by atoms with Crippen molar-refractivity contribution >= 4 is 16.9 Å². The van der Waals surface area contributed by atoms with E-state index in [1.165, 1.54) is 6.26 Å². The van der Waals surface area contributed by atoms with Crippen LogP contribution < -0.4 is 15.9 Å². The fourth-order valence-electron chi connectivity index (χ4n) is 2.13. The van der Waals surface area contributed by atoms with Crippen molar-refractivity contribution in [2.24, 2.45) is 5.73 Å². The maximum Gasteiger partial charge on any atom is 0.255 e. The number of hydrogen-bond donors (Lipinski definition) is 1. The molecule has 1 amide bonds. The highest BCUT2D eigenvalue weighted by Gasteiger charge is 2.20. The fraction of sp³-hybridized carbons (Fsp3) is 0.125. The van der Waals surface area contributed by atoms with Crippen molar-refractivity contribution in [2.45, 2.75) is 6.92 Å². The van der Waals surface area contributed by atoms with E-state index in [4.69, 9.17) is 19.3 Å². The predicted molar refractivity (Wildman–Crippen MR) is 79.6 cm³/mol. The first-order valence-corrected chi connectivity index (χ1v) is 6.58. The van der Waals surface area contributed by atoms with Gasteiger partial charge in [0.2, 0.25) is 16.9 Å². The Bertz CT molecular complexity index is 893. The number of hydrogen-bond acceptors (Lipinski definition) is 5. The molecule has 0 aliphatic rings. The molecule has 0 saturated heterocycles. The Labute approximate surface area is 125 Å². The summed E-state index contributed by atoms with van der Waals surface area (Å²) in [5.41, 5.74) is 6.06. The van der Waals surface area contributed by atoms with Crippen LogP contribution in [-0.4, -0.2) is 12.5 Å². The maximum atomic E-state index is 12.6. The first-order chi connectivity index (χ1) is 10.6. The highest BCUT2D eigenvalue weighted by molar-refractivity contribution is 5.82. The highest BCUT2D eigenvalue weighted by atomic mass is 16.5. The molecule has 2 aromatic heterocycles. The third-order valence-electron chi connectivity index (χ3n) is 3.11. The SMILES string of the molecule is Cc1ccc2c(=O)c(OCC(N)=O)c(-c3ccco3)oc2c1. The fourth-order valence-corrected chi connectivity index (χ4v) is 2.13. The molecular formula is C16H13NO5. The topological polar surface area (TPSA) is 95.7 Å². The van der Waals surface area contributed by atoms with Gasteiger partial charge in [-0.1, -0.05) is 6.07 Å². The van der Waals surface area contributed by atoms with Crippen LogP contribution >= 0.6 is 0 Å². The lowest BCUT2D eigenvalue weighted by Crippen LogP contribution is -2.22. The molecule has 112 valence electrons. The number of carbonyl (C=O) groups excluding carboxylic acids is 1. The van der Waals surface area contributed by atoms with Crippen LogP contribution in [0.3, 0.4) is 0 Å². The smallest absolute Gasteiger partial charge is 0.255 e. The number of ether oxygens (including phenoxy) is 1. The molecule has 22 heavy (non-hydrogen) atoms. The van der Waals surface area contributed by atoms with Gasteiger partial charge in [0.15, 0.2) is 12.4 Å². The second-order valence-electron chi connectivity index (χ2n) is 4.82. The third-order valence-corrected chi connectivity index (χ3v) is 3.11. The first kappa shape index (κ1) is 13.9. The van der Waals surface area contributed by atoms with E-state index in [1.807, 2.05) is 6.92 Å². The van der Waals surface area contributed by atoms with Gasteiger partial charge in [0.05, 0.1) is 11.6 Å². The highest BCUT2D eigenvalue weighted by Crippen LogP contribution is 2.31. The van der Waals surface area contributed by atoms with E-state index in [0.717, 1.165) is 5.56 Å². The molecule has 3 rings (SSSR count). The van der Waals surface area contributed by atoms with Crippen molar-refractivity contribution in [2.75, 3.05) is 6.61 Å². The number of primary amides is 1. The first-order valence-electron chi connectivity index (χ1n) is 6.58. The summed E-state index contributed by atoms with van der Waals surface area (Å²) < 4.78 is 16.3. The summed E-state index contributed by atoms with van der Waals surface area (Å²) in [4.78, 5) is 23.5. The van der Waals surface area contributed by atoms with Crippen LogP contribution in [0.1, 0.15) is 5.56 Å². The number of fused-ring (bicyclic) bond motifs is 1. The molecule has 0 radical (unpaired) electrons. The van der Waals surface area contributed by atoms with Gasteiger partial charge < -0.3 is 19.3 Å². The Kier molecular flexibility index (Phi) is 3.42. The van der Waals surface area contributed by atoms with E-state index < -0.39 is 12.5 Å². The summed E-state index contributed by atoms with van der Waals surface area (Å²) in [5.74, 6) is -0.312. The van der Waals surface area contributed by atoms with Gasteiger partial charge >= 0.3 is 0 Å². The second kappa shape index (κ2) is 5.40. The standard InChI is InChI=1S/C16H13NO5/c1-9-4-5-10-12(7-9)22-15(11-3-2-6-20-11)16(14(10)19)21-8-13(17)18/h2-7H,8H2,1H3,(H2,17,18). The van der Waals surface area contributed by atoms with Gasteiger partial charge in [-0.15, -0.1) is 0 Å². The molecule has 0 saturated carbocycles. The van der Waals surface area contributed by atoms with E-state index in [0.29, 0.717) is 16.7 Å². The van der Waals surface area contributed by atoms with Crippen molar-refractivity contribution in [3.05, 3.63) is 52.4 Å². The largest absolute Gasteiger partial charge is 0.476 e. The zero-order chi connectivity index (χ0) is 15.7. The Morgan fingerprint density at radius 1 is 1.32 bits per heavy atom. The summed E-state index contributed by atoms with van der Waals surface area (Å²) >= 11 is 0. The zero-order valence-electron chi connectivity index (χ0n) is 11.8. The molecule has 3 aromatic rings. The second-order valence-corrected chi connectivity index (χ2v) is 4.82. The van der Waals surface area contributed by atoms with Crippen LogP contribution in [0.2, 0.25) is 0 Å².